The molecule has 110 valence electrons. The van der Waals surface area contributed by atoms with Gasteiger partial charge in [-0.05, 0) is 49.9 Å². The van der Waals surface area contributed by atoms with Crippen molar-refractivity contribution >= 4 is 15.7 Å². The van der Waals surface area contributed by atoms with Gasteiger partial charge >= 0.3 is 0 Å². The average molecular weight is 301 g/mol. The number of rotatable bonds is 2. The molecule has 0 radical (unpaired) electrons. The van der Waals surface area contributed by atoms with E-state index in [0.29, 0.717) is 11.4 Å². The molecular formula is C17H19NO2S. The lowest BCUT2D eigenvalue weighted by Crippen LogP contribution is -2.35. The Morgan fingerprint density at radius 3 is 2.57 bits per heavy atom. The van der Waals surface area contributed by atoms with Gasteiger partial charge < -0.3 is 0 Å². The molecule has 2 aromatic carbocycles. The van der Waals surface area contributed by atoms with Gasteiger partial charge in [-0.1, -0.05) is 35.9 Å². The number of anilines is 1. The molecule has 0 amide bonds. The van der Waals surface area contributed by atoms with Crippen LogP contribution in [-0.2, 0) is 16.4 Å². The summed E-state index contributed by atoms with van der Waals surface area (Å²) in [4.78, 5) is 0.407. The van der Waals surface area contributed by atoms with Crippen molar-refractivity contribution in [1.29, 1.82) is 0 Å². The van der Waals surface area contributed by atoms with Crippen molar-refractivity contribution < 1.29 is 8.42 Å². The number of aryl methyl sites for hydroxylation is 3. The molecule has 21 heavy (non-hydrogen) atoms. The van der Waals surface area contributed by atoms with Gasteiger partial charge in [-0.2, -0.15) is 0 Å². The van der Waals surface area contributed by atoms with Crippen LogP contribution in [0, 0.1) is 13.8 Å². The molecule has 0 bridgehead atoms. The Labute approximate surface area is 126 Å². The maximum atomic E-state index is 13.0. The van der Waals surface area contributed by atoms with Gasteiger partial charge in [0.25, 0.3) is 10.0 Å². The maximum absolute atomic E-state index is 13.0. The van der Waals surface area contributed by atoms with Crippen molar-refractivity contribution in [3.63, 3.8) is 0 Å². The van der Waals surface area contributed by atoms with E-state index in [1.54, 1.807) is 10.4 Å². The summed E-state index contributed by atoms with van der Waals surface area (Å²) in [7, 11) is -3.49. The van der Waals surface area contributed by atoms with E-state index >= 15 is 0 Å². The van der Waals surface area contributed by atoms with Crippen molar-refractivity contribution in [3.8, 4) is 0 Å². The molecule has 1 aliphatic rings. The average Bonchev–Trinajstić information content (AvgIpc) is 2.46. The number of benzene rings is 2. The minimum absolute atomic E-state index is 0.407. The molecule has 1 heterocycles. The van der Waals surface area contributed by atoms with Gasteiger partial charge in [0.2, 0.25) is 0 Å². The second-order valence-corrected chi connectivity index (χ2v) is 7.41. The van der Waals surface area contributed by atoms with Gasteiger partial charge in [-0.3, -0.25) is 4.31 Å². The van der Waals surface area contributed by atoms with Gasteiger partial charge in [0.05, 0.1) is 10.6 Å². The zero-order valence-corrected chi connectivity index (χ0v) is 13.2. The molecule has 4 heteroatoms. The van der Waals surface area contributed by atoms with E-state index in [1.807, 2.05) is 50.2 Å². The Bertz CT molecular complexity index is 781. The predicted molar refractivity (Wildman–Crippen MR) is 85.2 cm³/mol. The lowest BCUT2D eigenvalue weighted by molar-refractivity contribution is 0.586. The molecule has 0 fully saturated rings. The van der Waals surface area contributed by atoms with Crippen LogP contribution in [-0.4, -0.2) is 15.0 Å². The van der Waals surface area contributed by atoms with Gasteiger partial charge in [-0.25, -0.2) is 8.42 Å². The van der Waals surface area contributed by atoms with Crippen LogP contribution in [0.2, 0.25) is 0 Å². The van der Waals surface area contributed by atoms with E-state index in [9.17, 15) is 8.42 Å². The van der Waals surface area contributed by atoms with Crippen molar-refractivity contribution in [2.75, 3.05) is 10.8 Å². The minimum atomic E-state index is -3.49. The molecule has 0 saturated heterocycles. The van der Waals surface area contributed by atoms with E-state index in [0.717, 1.165) is 35.2 Å². The van der Waals surface area contributed by atoms with Crippen LogP contribution >= 0.6 is 0 Å². The number of nitrogens with zero attached hydrogens (tertiary/aromatic N) is 1. The summed E-state index contributed by atoms with van der Waals surface area (Å²) in [6.07, 6.45) is 1.80. The Morgan fingerprint density at radius 1 is 1.05 bits per heavy atom. The van der Waals surface area contributed by atoms with Crippen molar-refractivity contribution in [2.45, 2.75) is 31.6 Å². The van der Waals surface area contributed by atoms with Gasteiger partial charge in [0.1, 0.15) is 0 Å². The van der Waals surface area contributed by atoms with E-state index < -0.39 is 10.0 Å². The third kappa shape index (κ3) is 2.44. The van der Waals surface area contributed by atoms with Crippen LogP contribution in [0.4, 0.5) is 5.69 Å². The predicted octanol–water partition coefficient (Wildman–Crippen LogP) is 3.44. The zero-order valence-electron chi connectivity index (χ0n) is 12.3. The summed E-state index contributed by atoms with van der Waals surface area (Å²) in [5.74, 6) is 0. The fourth-order valence-corrected chi connectivity index (χ4v) is 4.71. The largest absolute Gasteiger partial charge is 0.266 e. The fraction of sp³-hybridized carbons (Fsp3) is 0.294. The highest BCUT2D eigenvalue weighted by Gasteiger charge is 2.29. The Balaban J connectivity index is 2.12. The first kappa shape index (κ1) is 14.1. The van der Waals surface area contributed by atoms with E-state index in [2.05, 4.69) is 0 Å². The summed E-state index contributed by atoms with van der Waals surface area (Å²) in [6.45, 7) is 4.38. The summed E-state index contributed by atoms with van der Waals surface area (Å²) in [5, 5.41) is 0. The smallest absolute Gasteiger partial charge is 0.264 e. The van der Waals surface area contributed by atoms with Crippen molar-refractivity contribution in [2.24, 2.45) is 0 Å². The summed E-state index contributed by atoms with van der Waals surface area (Å²) in [6, 6.07) is 13.3. The lowest BCUT2D eigenvalue weighted by atomic mass is 10.0. The number of hydrogen-bond donors (Lipinski definition) is 0. The number of fused-ring (bicyclic) bond motifs is 1. The van der Waals surface area contributed by atoms with E-state index in [-0.39, 0.29) is 0 Å². The minimum Gasteiger partial charge on any atom is -0.266 e. The third-order valence-corrected chi connectivity index (χ3v) is 5.94. The topological polar surface area (TPSA) is 37.4 Å². The third-order valence-electron chi connectivity index (χ3n) is 3.97. The van der Waals surface area contributed by atoms with Crippen molar-refractivity contribution in [3.05, 3.63) is 59.2 Å². The molecule has 0 saturated carbocycles. The molecule has 0 atom stereocenters. The molecule has 3 nitrogen and oxygen atoms in total. The molecule has 0 aromatic heterocycles. The van der Waals surface area contributed by atoms with E-state index in [1.165, 1.54) is 0 Å². The van der Waals surface area contributed by atoms with Gasteiger partial charge in [0.15, 0.2) is 0 Å². The van der Waals surface area contributed by atoms with E-state index in [4.69, 9.17) is 0 Å². The van der Waals surface area contributed by atoms with Crippen LogP contribution in [0.5, 0.6) is 0 Å². The molecule has 3 rings (SSSR count). The number of hydrogen-bond acceptors (Lipinski definition) is 2. The first-order valence-corrected chi connectivity index (χ1v) is 8.62. The Morgan fingerprint density at radius 2 is 1.81 bits per heavy atom. The first-order chi connectivity index (χ1) is 10.00. The van der Waals surface area contributed by atoms with Gasteiger partial charge in [0, 0.05) is 6.54 Å². The zero-order chi connectivity index (χ0) is 15.0. The fourth-order valence-electron chi connectivity index (χ4n) is 2.96. The van der Waals surface area contributed by atoms with Crippen molar-refractivity contribution in [1.82, 2.24) is 0 Å². The Kier molecular flexibility index (Phi) is 3.49. The second kappa shape index (κ2) is 5.19. The summed E-state index contributed by atoms with van der Waals surface area (Å²) >= 11 is 0. The normalized spacial score (nSPS) is 14.9. The van der Waals surface area contributed by atoms with Crippen LogP contribution in [0.3, 0.4) is 0 Å². The first-order valence-electron chi connectivity index (χ1n) is 7.18. The van der Waals surface area contributed by atoms with Gasteiger partial charge in [-0.15, -0.1) is 0 Å². The highest BCUT2D eigenvalue weighted by atomic mass is 32.2. The molecule has 0 unspecified atom stereocenters. The molecule has 2 aromatic rings. The standard InChI is InChI=1S/C17H19NO2S/c1-13-9-10-17(14(2)12-13)21(19,20)18-11-5-7-15-6-3-4-8-16(15)18/h3-4,6,8-10,12H,5,7,11H2,1-2H3. The lowest BCUT2D eigenvalue weighted by Gasteiger charge is -2.31. The SMILES string of the molecule is Cc1ccc(S(=O)(=O)N2CCCc3ccccc32)c(C)c1. The van der Waals surface area contributed by atoms with Crippen LogP contribution in [0.15, 0.2) is 47.4 Å². The number of para-hydroxylation sites is 1. The Hall–Kier alpha value is -1.81. The van der Waals surface area contributed by atoms with Crippen LogP contribution in [0.25, 0.3) is 0 Å². The highest BCUT2D eigenvalue weighted by Crippen LogP contribution is 2.32. The molecule has 0 aliphatic carbocycles. The quantitative estimate of drug-likeness (QED) is 0.852. The molecule has 0 N–H and O–H groups in total. The molecule has 1 aliphatic heterocycles. The van der Waals surface area contributed by atoms with Crippen LogP contribution in [0.1, 0.15) is 23.1 Å². The summed E-state index contributed by atoms with van der Waals surface area (Å²) < 4.78 is 27.6. The van der Waals surface area contributed by atoms with Crippen LogP contribution < -0.4 is 4.31 Å². The monoisotopic (exact) mass is 301 g/mol. The highest BCUT2D eigenvalue weighted by molar-refractivity contribution is 7.92. The number of sulfonamides is 1. The molecule has 0 spiro atoms. The second-order valence-electron chi connectivity index (χ2n) is 5.58. The maximum Gasteiger partial charge on any atom is 0.264 e. The summed E-state index contributed by atoms with van der Waals surface area (Å²) in [5.41, 5.74) is 3.81. The molecular weight excluding hydrogens is 282 g/mol.